The molecule has 0 bridgehead atoms. The van der Waals surface area contributed by atoms with Crippen molar-refractivity contribution < 1.29 is 23.9 Å². The van der Waals surface area contributed by atoms with Gasteiger partial charge in [0.2, 0.25) is 11.8 Å². The van der Waals surface area contributed by atoms with Gasteiger partial charge in [0.1, 0.15) is 12.4 Å². The highest BCUT2D eigenvalue weighted by Gasteiger charge is 2.37. The maximum Gasteiger partial charge on any atom is 0.260 e. The zero-order valence-electron chi connectivity index (χ0n) is 17.5. The van der Waals surface area contributed by atoms with Gasteiger partial charge >= 0.3 is 0 Å². The summed E-state index contributed by atoms with van der Waals surface area (Å²) in [5, 5.41) is 2.96. The Morgan fingerprint density at radius 3 is 2.57 bits per heavy atom. The van der Waals surface area contributed by atoms with Crippen molar-refractivity contribution in [1.82, 2.24) is 15.1 Å². The van der Waals surface area contributed by atoms with Crippen molar-refractivity contribution in [3.63, 3.8) is 0 Å². The maximum absolute atomic E-state index is 12.8. The third kappa shape index (κ3) is 5.72. The minimum Gasteiger partial charge on any atom is -0.484 e. The van der Waals surface area contributed by atoms with Crippen LogP contribution in [0.3, 0.4) is 0 Å². The highest BCUT2D eigenvalue weighted by atomic mass is 16.5. The van der Waals surface area contributed by atoms with Crippen LogP contribution in [0.25, 0.3) is 0 Å². The number of benzene rings is 1. The second-order valence-electron chi connectivity index (χ2n) is 7.75. The first-order valence-electron chi connectivity index (χ1n) is 10.6. The minimum atomic E-state index is -0.205. The Morgan fingerprint density at radius 1 is 1.03 bits per heavy atom. The van der Waals surface area contributed by atoms with Crippen molar-refractivity contribution in [2.75, 3.05) is 46.5 Å². The summed E-state index contributed by atoms with van der Waals surface area (Å²) in [5.74, 6) is 0.0684. The fourth-order valence-electron chi connectivity index (χ4n) is 4.26. The number of ether oxygens (including phenoxy) is 2. The largest absolute Gasteiger partial charge is 0.484 e. The molecule has 1 saturated heterocycles. The van der Waals surface area contributed by atoms with E-state index in [1.54, 1.807) is 21.9 Å². The Bertz CT molecular complexity index is 727. The highest BCUT2D eigenvalue weighted by Crippen LogP contribution is 2.29. The number of rotatable bonds is 5. The van der Waals surface area contributed by atoms with Crippen molar-refractivity contribution in [2.45, 2.75) is 31.7 Å². The Kier molecular flexibility index (Phi) is 8.07. The molecule has 8 heteroatoms. The molecule has 1 aromatic carbocycles. The van der Waals surface area contributed by atoms with Crippen LogP contribution >= 0.6 is 0 Å². The molecule has 8 nitrogen and oxygen atoms in total. The number of hydrogen-bond donors (Lipinski definition) is 1. The summed E-state index contributed by atoms with van der Waals surface area (Å²) in [6.07, 6.45) is 3.54. The van der Waals surface area contributed by atoms with Gasteiger partial charge in [-0.1, -0.05) is 31.0 Å². The smallest absolute Gasteiger partial charge is 0.260 e. The summed E-state index contributed by atoms with van der Waals surface area (Å²) in [4.78, 5) is 41.7. The summed E-state index contributed by atoms with van der Waals surface area (Å²) >= 11 is 0. The molecule has 2 fully saturated rings. The third-order valence-corrected chi connectivity index (χ3v) is 5.80. The lowest BCUT2D eigenvalue weighted by molar-refractivity contribution is -0.145. The van der Waals surface area contributed by atoms with Crippen LogP contribution in [0.15, 0.2) is 30.3 Å². The van der Waals surface area contributed by atoms with Crippen LogP contribution in [0.5, 0.6) is 5.75 Å². The monoisotopic (exact) mass is 417 g/mol. The number of carbonyl (C=O) groups is 3. The third-order valence-electron chi connectivity index (χ3n) is 5.80. The van der Waals surface area contributed by atoms with Crippen LogP contribution in [0.1, 0.15) is 25.7 Å². The molecule has 1 saturated carbocycles. The molecular formula is C22H31N3O5. The molecule has 3 amide bonds. The molecule has 3 rings (SSSR count). The highest BCUT2D eigenvalue weighted by molar-refractivity contribution is 5.83. The molecule has 2 aliphatic rings. The Hall–Kier alpha value is -2.61. The second-order valence-corrected chi connectivity index (χ2v) is 7.75. The normalized spacial score (nSPS) is 22.6. The van der Waals surface area contributed by atoms with Gasteiger partial charge in [0.05, 0.1) is 5.92 Å². The quantitative estimate of drug-likeness (QED) is 0.774. The number of methoxy groups -OCH3 is 1. The average molecular weight is 418 g/mol. The van der Waals surface area contributed by atoms with E-state index in [1.165, 1.54) is 7.11 Å². The number of fused-ring (bicyclic) bond motifs is 1. The van der Waals surface area contributed by atoms with Gasteiger partial charge in [-0.3, -0.25) is 14.4 Å². The fourth-order valence-corrected chi connectivity index (χ4v) is 4.26. The van der Waals surface area contributed by atoms with E-state index >= 15 is 0 Å². The molecular weight excluding hydrogens is 386 g/mol. The summed E-state index contributed by atoms with van der Waals surface area (Å²) in [6, 6.07) is 9.01. The number of hydrogen-bond acceptors (Lipinski definition) is 5. The SMILES string of the molecule is COCC(=O)N1CCN(C(=O)COc2ccccc2)CCNC(=O)C2CCCCC21. The predicted octanol–water partition coefficient (Wildman–Crippen LogP) is 1.06. The summed E-state index contributed by atoms with van der Waals surface area (Å²) < 4.78 is 10.7. The Morgan fingerprint density at radius 2 is 1.80 bits per heavy atom. The molecule has 2 unspecified atom stereocenters. The first-order chi connectivity index (χ1) is 14.6. The van der Waals surface area contributed by atoms with Crippen LogP contribution in [-0.4, -0.2) is 80.1 Å². The van der Waals surface area contributed by atoms with E-state index in [0.29, 0.717) is 31.9 Å². The molecule has 0 spiro atoms. The molecule has 1 aromatic rings. The van der Waals surface area contributed by atoms with E-state index in [0.717, 1.165) is 25.7 Å². The van der Waals surface area contributed by atoms with Crippen LogP contribution in [0.4, 0.5) is 0 Å². The van der Waals surface area contributed by atoms with Crippen molar-refractivity contribution in [3.8, 4) is 5.75 Å². The first kappa shape index (κ1) is 22.1. The molecule has 1 aliphatic carbocycles. The van der Waals surface area contributed by atoms with Gasteiger partial charge < -0.3 is 24.6 Å². The Balaban J connectivity index is 1.70. The van der Waals surface area contributed by atoms with Gasteiger partial charge in [-0.15, -0.1) is 0 Å². The van der Waals surface area contributed by atoms with Crippen LogP contribution in [-0.2, 0) is 19.1 Å². The Labute approximate surface area is 177 Å². The van der Waals surface area contributed by atoms with Gasteiger partial charge in [-0.2, -0.15) is 0 Å². The molecule has 0 radical (unpaired) electrons. The topological polar surface area (TPSA) is 88.2 Å². The summed E-state index contributed by atoms with van der Waals surface area (Å²) in [5.41, 5.74) is 0. The van der Waals surface area contributed by atoms with E-state index in [1.807, 2.05) is 18.2 Å². The predicted molar refractivity (Wildman–Crippen MR) is 111 cm³/mol. The summed E-state index contributed by atoms with van der Waals surface area (Å²) in [7, 11) is 1.49. The number of para-hydroxylation sites is 1. The lowest BCUT2D eigenvalue weighted by Gasteiger charge is -2.41. The number of amides is 3. The first-order valence-corrected chi connectivity index (χ1v) is 10.6. The molecule has 30 heavy (non-hydrogen) atoms. The van der Waals surface area contributed by atoms with Gasteiger partial charge in [-0.25, -0.2) is 0 Å². The van der Waals surface area contributed by atoms with Gasteiger partial charge in [0.25, 0.3) is 5.91 Å². The van der Waals surface area contributed by atoms with Crippen molar-refractivity contribution in [1.29, 1.82) is 0 Å². The lowest BCUT2D eigenvalue weighted by atomic mass is 9.82. The van der Waals surface area contributed by atoms with E-state index < -0.39 is 0 Å². The van der Waals surface area contributed by atoms with Gasteiger partial charge in [0, 0.05) is 39.3 Å². The molecule has 1 heterocycles. The van der Waals surface area contributed by atoms with Crippen LogP contribution in [0.2, 0.25) is 0 Å². The summed E-state index contributed by atoms with van der Waals surface area (Å²) in [6.45, 7) is 1.43. The van der Waals surface area contributed by atoms with E-state index in [2.05, 4.69) is 5.32 Å². The molecule has 1 aliphatic heterocycles. The van der Waals surface area contributed by atoms with Crippen molar-refractivity contribution in [3.05, 3.63) is 30.3 Å². The zero-order valence-corrected chi connectivity index (χ0v) is 17.5. The fraction of sp³-hybridized carbons (Fsp3) is 0.591. The van der Waals surface area contributed by atoms with Crippen molar-refractivity contribution in [2.24, 2.45) is 5.92 Å². The molecule has 2 atom stereocenters. The number of nitrogens with one attached hydrogen (secondary N) is 1. The van der Waals surface area contributed by atoms with Crippen molar-refractivity contribution >= 4 is 17.7 Å². The molecule has 164 valence electrons. The molecule has 1 N–H and O–H groups in total. The lowest BCUT2D eigenvalue weighted by Crippen LogP contribution is -2.56. The average Bonchev–Trinajstić information content (AvgIpc) is 2.77. The standard InChI is InChI=1S/C22H31N3O5/c1-29-15-21(27)25-14-13-24(20(26)16-30-17-7-3-2-4-8-17)12-11-23-22(28)18-9-5-6-10-19(18)25/h2-4,7-8,18-19H,5-6,9-16H2,1H3,(H,23,28). The van der Waals surface area contributed by atoms with Gasteiger partial charge in [-0.05, 0) is 25.0 Å². The second kappa shape index (κ2) is 11.0. The number of carbonyl (C=O) groups excluding carboxylic acids is 3. The van der Waals surface area contributed by atoms with Gasteiger partial charge in [0.15, 0.2) is 6.61 Å². The van der Waals surface area contributed by atoms with Crippen LogP contribution < -0.4 is 10.1 Å². The minimum absolute atomic E-state index is 0.0318. The van der Waals surface area contributed by atoms with Crippen LogP contribution in [0, 0.1) is 5.92 Å². The van der Waals surface area contributed by atoms with E-state index in [9.17, 15) is 14.4 Å². The zero-order chi connectivity index (χ0) is 21.3. The maximum atomic E-state index is 12.8. The van der Waals surface area contributed by atoms with E-state index in [-0.39, 0.29) is 42.9 Å². The number of nitrogens with zero attached hydrogens (tertiary/aromatic N) is 2. The van der Waals surface area contributed by atoms with E-state index in [4.69, 9.17) is 9.47 Å². The molecule has 0 aromatic heterocycles.